The Balaban J connectivity index is 2.15. The maximum Gasteiger partial charge on any atom is 0.387 e. The van der Waals surface area contributed by atoms with Gasteiger partial charge in [0.25, 0.3) is 0 Å². The second-order valence-electron chi connectivity index (χ2n) is 5.50. The van der Waals surface area contributed by atoms with Crippen LogP contribution in [0.25, 0.3) is 0 Å². The monoisotopic (exact) mass is 285 g/mol. The third-order valence-corrected chi connectivity index (χ3v) is 3.92. The van der Waals surface area contributed by atoms with Crippen LogP contribution in [0, 0.1) is 19.8 Å². The predicted molar refractivity (Wildman–Crippen MR) is 73.0 cm³/mol. The number of aliphatic hydroxyl groups excluding tert-OH is 1. The van der Waals surface area contributed by atoms with Crippen LogP contribution < -0.4 is 4.74 Å². The van der Waals surface area contributed by atoms with E-state index < -0.39 is 6.61 Å². The van der Waals surface area contributed by atoms with Gasteiger partial charge >= 0.3 is 6.61 Å². The number of benzene rings is 1. The van der Waals surface area contributed by atoms with Crippen LogP contribution in [0.3, 0.4) is 0 Å². The number of likely N-dealkylation sites (tertiary alicyclic amines) is 1. The summed E-state index contributed by atoms with van der Waals surface area (Å²) in [6, 6.07) is 3.59. The molecule has 1 heterocycles. The zero-order valence-corrected chi connectivity index (χ0v) is 11.9. The van der Waals surface area contributed by atoms with Crippen LogP contribution in [0.2, 0.25) is 0 Å². The average molecular weight is 285 g/mol. The Morgan fingerprint density at radius 1 is 1.35 bits per heavy atom. The Morgan fingerprint density at radius 3 is 2.65 bits per heavy atom. The largest absolute Gasteiger partial charge is 0.434 e. The standard InChI is InChI=1S/C15H21F2NO2/c1-10-5-13(8-18-4-3-12(7-18)9-19)14(6-11(10)2)20-15(16)17/h5-6,12,15,19H,3-4,7-9H2,1-2H3. The molecule has 1 unspecified atom stereocenters. The number of hydrogen-bond donors (Lipinski definition) is 1. The summed E-state index contributed by atoms with van der Waals surface area (Å²) >= 11 is 0. The number of hydrogen-bond acceptors (Lipinski definition) is 3. The minimum absolute atomic E-state index is 0.184. The number of aryl methyl sites for hydroxylation is 2. The molecule has 1 aliphatic rings. The molecule has 1 fully saturated rings. The highest BCUT2D eigenvalue weighted by Crippen LogP contribution is 2.28. The van der Waals surface area contributed by atoms with E-state index in [1.54, 1.807) is 6.07 Å². The lowest BCUT2D eigenvalue weighted by molar-refractivity contribution is -0.0507. The first-order valence-electron chi connectivity index (χ1n) is 6.87. The van der Waals surface area contributed by atoms with Crippen molar-refractivity contribution < 1.29 is 18.6 Å². The zero-order chi connectivity index (χ0) is 14.7. The van der Waals surface area contributed by atoms with Gasteiger partial charge in [0.05, 0.1) is 0 Å². The molecular formula is C15H21F2NO2. The third kappa shape index (κ3) is 3.67. The van der Waals surface area contributed by atoms with E-state index in [-0.39, 0.29) is 12.4 Å². The van der Waals surface area contributed by atoms with Gasteiger partial charge in [0.15, 0.2) is 0 Å². The van der Waals surface area contributed by atoms with Crippen molar-refractivity contribution in [1.82, 2.24) is 4.90 Å². The van der Waals surface area contributed by atoms with Gasteiger partial charge in [-0.25, -0.2) is 0 Å². The molecule has 0 aromatic heterocycles. The third-order valence-electron chi connectivity index (χ3n) is 3.92. The Hall–Kier alpha value is -1.20. The van der Waals surface area contributed by atoms with E-state index in [2.05, 4.69) is 9.64 Å². The van der Waals surface area contributed by atoms with Gasteiger partial charge in [-0.3, -0.25) is 4.90 Å². The highest BCUT2D eigenvalue weighted by Gasteiger charge is 2.23. The fraction of sp³-hybridized carbons (Fsp3) is 0.600. The molecule has 1 saturated heterocycles. The fourth-order valence-corrected chi connectivity index (χ4v) is 2.63. The number of alkyl halides is 2. The van der Waals surface area contributed by atoms with Crippen LogP contribution in [0.5, 0.6) is 5.75 Å². The molecule has 0 bridgehead atoms. The maximum atomic E-state index is 12.5. The van der Waals surface area contributed by atoms with Crippen molar-refractivity contribution in [3.8, 4) is 5.75 Å². The summed E-state index contributed by atoms with van der Waals surface area (Å²) in [6.07, 6.45) is 0.951. The summed E-state index contributed by atoms with van der Waals surface area (Å²) in [5.41, 5.74) is 2.80. The van der Waals surface area contributed by atoms with Crippen LogP contribution >= 0.6 is 0 Å². The number of nitrogens with zero attached hydrogens (tertiary/aromatic N) is 1. The van der Waals surface area contributed by atoms with Crippen molar-refractivity contribution in [2.75, 3.05) is 19.7 Å². The fourth-order valence-electron chi connectivity index (χ4n) is 2.63. The highest BCUT2D eigenvalue weighted by molar-refractivity contribution is 5.41. The molecule has 0 saturated carbocycles. The first-order chi connectivity index (χ1) is 9.49. The first-order valence-corrected chi connectivity index (χ1v) is 6.87. The van der Waals surface area contributed by atoms with Gasteiger partial charge in [-0.2, -0.15) is 8.78 Å². The number of ether oxygens (including phenoxy) is 1. The van der Waals surface area contributed by atoms with Crippen LogP contribution in [-0.2, 0) is 6.54 Å². The molecule has 112 valence electrons. The Labute approximate surface area is 118 Å². The number of halogens is 2. The van der Waals surface area contributed by atoms with Crippen molar-refractivity contribution in [2.24, 2.45) is 5.92 Å². The summed E-state index contributed by atoms with van der Waals surface area (Å²) in [6.45, 7) is 3.49. The number of aliphatic hydroxyl groups is 1. The second kappa shape index (κ2) is 6.50. The predicted octanol–water partition coefficient (Wildman–Crippen LogP) is 2.72. The molecule has 3 nitrogen and oxygen atoms in total. The molecule has 20 heavy (non-hydrogen) atoms. The van der Waals surface area contributed by atoms with E-state index in [1.165, 1.54) is 0 Å². The van der Waals surface area contributed by atoms with Gasteiger partial charge in [-0.05, 0) is 49.9 Å². The quantitative estimate of drug-likeness (QED) is 0.903. The highest BCUT2D eigenvalue weighted by atomic mass is 19.3. The molecule has 2 rings (SSSR count). The Bertz CT molecular complexity index is 465. The average Bonchev–Trinajstić information content (AvgIpc) is 2.82. The van der Waals surface area contributed by atoms with Gasteiger partial charge in [0.1, 0.15) is 5.75 Å². The topological polar surface area (TPSA) is 32.7 Å². The van der Waals surface area contributed by atoms with Gasteiger partial charge in [0, 0.05) is 25.3 Å². The van der Waals surface area contributed by atoms with Crippen molar-refractivity contribution >= 4 is 0 Å². The molecule has 0 spiro atoms. The van der Waals surface area contributed by atoms with Crippen LogP contribution in [0.4, 0.5) is 8.78 Å². The van der Waals surface area contributed by atoms with Crippen LogP contribution in [-0.4, -0.2) is 36.3 Å². The first kappa shape index (κ1) is 15.2. The summed E-state index contributed by atoms with van der Waals surface area (Å²) in [5.74, 6) is 0.552. The Morgan fingerprint density at radius 2 is 2.05 bits per heavy atom. The maximum absolute atomic E-state index is 12.5. The summed E-state index contributed by atoms with van der Waals surface area (Å²) < 4.78 is 29.6. The van der Waals surface area contributed by atoms with E-state index in [4.69, 9.17) is 5.11 Å². The van der Waals surface area contributed by atoms with Gasteiger partial charge in [0.2, 0.25) is 0 Å². The lowest BCUT2D eigenvalue weighted by Gasteiger charge is -2.19. The van der Waals surface area contributed by atoms with Crippen molar-refractivity contribution in [2.45, 2.75) is 33.4 Å². The minimum Gasteiger partial charge on any atom is -0.434 e. The van der Waals surface area contributed by atoms with Crippen LogP contribution in [0.15, 0.2) is 12.1 Å². The lowest BCUT2D eigenvalue weighted by Crippen LogP contribution is -2.22. The number of rotatable bonds is 5. The molecule has 1 aromatic carbocycles. The van der Waals surface area contributed by atoms with Gasteiger partial charge in [-0.15, -0.1) is 0 Å². The molecule has 1 atom stereocenters. The molecule has 1 N–H and O–H groups in total. The molecule has 0 aliphatic carbocycles. The SMILES string of the molecule is Cc1cc(CN2CCC(CO)C2)c(OC(F)F)cc1C. The second-order valence-corrected chi connectivity index (χ2v) is 5.50. The van der Waals surface area contributed by atoms with Gasteiger partial charge < -0.3 is 9.84 Å². The summed E-state index contributed by atoms with van der Waals surface area (Å²) in [7, 11) is 0. The Kier molecular flexibility index (Phi) is 4.94. The zero-order valence-electron chi connectivity index (χ0n) is 11.9. The minimum atomic E-state index is -2.81. The lowest BCUT2D eigenvalue weighted by atomic mass is 10.0. The molecular weight excluding hydrogens is 264 g/mol. The normalized spacial score (nSPS) is 19.8. The molecule has 1 aliphatic heterocycles. The van der Waals surface area contributed by atoms with Gasteiger partial charge in [-0.1, -0.05) is 6.07 Å². The van der Waals surface area contributed by atoms with Crippen molar-refractivity contribution in [3.63, 3.8) is 0 Å². The van der Waals surface area contributed by atoms with E-state index >= 15 is 0 Å². The van der Waals surface area contributed by atoms with Crippen molar-refractivity contribution in [1.29, 1.82) is 0 Å². The van der Waals surface area contributed by atoms with Crippen molar-refractivity contribution in [3.05, 3.63) is 28.8 Å². The molecule has 0 radical (unpaired) electrons. The van der Waals surface area contributed by atoms with E-state index in [1.807, 2.05) is 19.9 Å². The van der Waals surface area contributed by atoms with E-state index in [9.17, 15) is 8.78 Å². The van der Waals surface area contributed by atoms with E-state index in [0.717, 1.165) is 36.2 Å². The molecule has 0 amide bonds. The summed E-state index contributed by atoms with van der Waals surface area (Å²) in [4.78, 5) is 2.17. The molecule has 5 heteroatoms. The van der Waals surface area contributed by atoms with Crippen LogP contribution in [0.1, 0.15) is 23.1 Å². The smallest absolute Gasteiger partial charge is 0.387 e. The molecule has 1 aromatic rings. The van der Waals surface area contributed by atoms with E-state index in [0.29, 0.717) is 12.5 Å². The summed E-state index contributed by atoms with van der Waals surface area (Å²) in [5, 5.41) is 9.15.